The third-order valence-electron chi connectivity index (χ3n) is 2.90. The van der Waals surface area contributed by atoms with Gasteiger partial charge in [0.15, 0.2) is 0 Å². The third-order valence-corrected chi connectivity index (χ3v) is 2.90. The van der Waals surface area contributed by atoms with Crippen molar-refractivity contribution in [2.45, 2.75) is 19.4 Å². The SMILES string of the molecule is CCCNC(=O)C1COCCN1c1nccc(N)n1. The molecule has 0 bridgehead atoms. The van der Waals surface area contributed by atoms with Crippen LogP contribution in [0.1, 0.15) is 13.3 Å². The first kappa shape index (κ1) is 13.5. The molecule has 0 saturated carbocycles. The molecule has 3 N–H and O–H groups in total. The first-order valence-electron chi connectivity index (χ1n) is 6.43. The van der Waals surface area contributed by atoms with Crippen LogP contribution in [0.25, 0.3) is 0 Å². The maximum absolute atomic E-state index is 12.1. The summed E-state index contributed by atoms with van der Waals surface area (Å²) in [6.07, 6.45) is 2.49. The van der Waals surface area contributed by atoms with E-state index in [0.29, 0.717) is 38.1 Å². The van der Waals surface area contributed by atoms with Gasteiger partial charge in [0.1, 0.15) is 11.9 Å². The number of nitrogen functional groups attached to an aromatic ring is 1. The number of carbonyl (C=O) groups is 1. The van der Waals surface area contributed by atoms with Gasteiger partial charge in [0, 0.05) is 19.3 Å². The Morgan fingerprint density at radius 3 is 3.26 bits per heavy atom. The summed E-state index contributed by atoms with van der Waals surface area (Å²) in [4.78, 5) is 22.3. The molecule has 1 fully saturated rings. The summed E-state index contributed by atoms with van der Waals surface area (Å²) in [5, 5.41) is 2.87. The van der Waals surface area contributed by atoms with Crippen LogP contribution in [-0.4, -0.2) is 48.2 Å². The molecule has 7 nitrogen and oxygen atoms in total. The standard InChI is InChI=1S/C12H19N5O2/c1-2-4-14-11(18)9-8-19-7-6-17(9)12-15-5-3-10(13)16-12/h3,5,9H,2,4,6-8H2,1H3,(H,14,18)(H2,13,15,16). The Morgan fingerprint density at radius 2 is 2.53 bits per heavy atom. The van der Waals surface area contributed by atoms with Crippen molar-refractivity contribution in [2.24, 2.45) is 0 Å². The average Bonchev–Trinajstić information content (AvgIpc) is 2.45. The number of nitrogens with zero attached hydrogens (tertiary/aromatic N) is 3. The topological polar surface area (TPSA) is 93.4 Å². The van der Waals surface area contributed by atoms with Crippen LogP contribution in [0, 0.1) is 0 Å². The van der Waals surface area contributed by atoms with E-state index >= 15 is 0 Å². The molecule has 1 aromatic rings. The molecule has 1 unspecified atom stereocenters. The number of anilines is 2. The Morgan fingerprint density at radius 1 is 1.68 bits per heavy atom. The second kappa shape index (κ2) is 6.33. The van der Waals surface area contributed by atoms with Gasteiger partial charge in [-0.3, -0.25) is 4.79 Å². The highest BCUT2D eigenvalue weighted by Crippen LogP contribution is 2.16. The van der Waals surface area contributed by atoms with Crippen molar-refractivity contribution in [3.63, 3.8) is 0 Å². The lowest BCUT2D eigenvalue weighted by atomic mass is 10.2. The van der Waals surface area contributed by atoms with Crippen LogP contribution in [0.3, 0.4) is 0 Å². The zero-order valence-corrected chi connectivity index (χ0v) is 11.0. The minimum atomic E-state index is -0.401. The maximum atomic E-state index is 12.1. The van der Waals surface area contributed by atoms with Crippen LogP contribution in [0.4, 0.5) is 11.8 Å². The van der Waals surface area contributed by atoms with Crippen molar-refractivity contribution in [3.05, 3.63) is 12.3 Å². The van der Waals surface area contributed by atoms with Gasteiger partial charge in [-0.25, -0.2) is 4.98 Å². The van der Waals surface area contributed by atoms with Crippen molar-refractivity contribution in [2.75, 3.05) is 36.9 Å². The first-order chi connectivity index (χ1) is 9.22. The second-order valence-electron chi connectivity index (χ2n) is 4.36. The summed E-state index contributed by atoms with van der Waals surface area (Å²) in [6.45, 7) is 4.13. The Kier molecular flexibility index (Phi) is 4.51. The number of rotatable bonds is 4. The fourth-order valence-corrected chi connectivity index (χ4v) is 1.93. The van der Waals surface area contributed by atoms with Gasteiger partial charge in [-0.05, 0) is 12.5 Å². The minimum absolute atomic E-state index is 0.0624. The maximum Gasteiger partial charge on any atom is 0.245 e. The molecule has 0 spiro atoms. The number of carbonyl (C=O) groups excluding carboxylic acids is 1. The van der Waals surface area contributed by atoms with Gasteiger partial charge in [0.05, 0.1) is 13.2 Å². The minimum Gasteiger partial charge on any atom is -0.384 e. The van der Waals surface area contributed by atoms with Crippen LogP contribution in [-0.2, 0) is 9.53 Å². The predicted molar refractivity (Wildman–Crippen MR) is 71.7 cm³/mol. The second-order valence-corrected chi connectivity index (χ2v) is 4.36. The Labute approximate surface area is 112 Å². The summed E-state index contributed by atoms with van der Waals surface area (Å²) in [5.74, 6) is 0.803. The lowest BCUT2D eigenvalue weighted by molar-refractivity contribution is -0.124. The van der Waals surface area contributed by atoms with Crippen LogP contribution >= 0.6 is 0 Å². The Hall–Kier alpha value is -1.89. The number of aromatic nitrogens is 2. The van der Waals surface area contributed by atoms with E-state index in [1.165, 1.54) is 0 Å². The van der Waals surface area contributed by atoms with Gasteiger partial charge in [-0.15, -0.1) is 0 Å². The van der Waals surface area contributed by atoms with Gasteiger partial charge >= 0.3 is 0 Å². The molecule has 1 amide bonds. The molecule has 0 aliphatic carbocycles. The van der Waals surface area contributed by atoms with Crippen molar-refractivity contribution >= 4 is 17.7 Å². The average molecular weight is 265 g/mol. The molecular formula is C12H19N5O2. The van der Waals surface area contributed by atoms with E-state index in [4.69, 9.17) is 10.5 Å². The zero-order valence-electron chi connectivity index (χ0n) is 11.0. The largest absolute Gasteiger partial charge is 0.384 e. The number of hydrogen-bond acceptors (Lipinski definition) is 6. The highest BCUT2D eigenvalue weighted by molar-refractivity contribution is 5.85. The molecule has 19 heavy (non-hydrogen) atoms. The van der Waals surface area contributed by atoms with Gasteiger partial charge < -0.3 is 20.7 Å². The highest BCUT2D eigenvalue weighted by Gasteiger charge is 2.30. The molecule has 1 aromatic heterocycles. The summed E-state index contributed by atoms with van der Waals surface area (Å²) in [6, 6.07) is 1.22. The van der Waals surface area contributed by atoms with Gasteiger partial charge in [-0.1, -0.05) is 6.92 Å². The lowest BCUT2D eigenvalue weighted by Gasteiger charge is -2.34. The van der Waals surface area contributed by atoms with Crippen LogP contribution in [0.15, 0.2) is 12.3 Å². The Bertz CT molecular complexity index is 440. The number of ether oxygens (including phenoxy) is 1. The molecule has 2 rings (SSSR count). The van der Waals surface area contributed by atoms with Crippen molar-refractivity contribution < 1.29 is 9.53 Å². The van der Waals surface area contributed by atoms with E-state index < -0.39 is 6.04 Å². The molecule has 1 atom stereocenters. The van der Waals surface area contributed by atoms with E-state index in [1.54, 1.807) is 12.3 Å². The van der Waals surface area contributed by atoms with E-state index in [9.17, 15) is 4.79 Å². The van der Waals surface area contributed by atoms with Gasteiger partial charge in [-0.2, -0.15) is 4.98 Å². The van der Waals surface area contributed by atoms with Gasteiger partial charge in [0.25, 0.3) is 0 Å². The zero-order chi connectivity index (χ0) is 13.7. The van der Waals surface area contributed by atoms with Crippen molar-refractivity contribution in [1.82, 2.24) is 15.3 Å². The van der Waals surface area contributed by atoms with Crippen LogP contribution < -0.4 is 16.0 Å². The van der Waals surface area contributed by atoms with Crippen molar-refractivity contribution in [1.29, 1.82) is 0 Å². The fraction of sp³-hybridized carbons (Fsp3) is 0.583. The number of amides is 1. The summed E-state index contributed by atoms with van der Waals surface area (Å²) in [5.41, 5.74) is 5.66. The molecule has 1 aliphatic heterocycles. The number of nitrogens with two attached hydrogens (primary N) is 1. The molecule has 1 saturated heterocycles. The van der Waals surface area contributed by atoms with Gasteiger partial charge in [0.2, 0.25) is 11.9 Å². The van der Waals surface area contributed by atoms with E-state index in [0.717, 1.165) is 6.42 Å². The van der Waals surface area contributed by atoms with E-state index in [1.807, 2.05) is 11.8 Å². The predicted octanol–water partition coefficient (Wildman–Crippen LogP) is -0.210. The molecule has 0 aromatic carbocycles. The van der Waals surface area contributed by atoms with Crippen LogP contribution in [0.5, 0.6) is 0 Å². The van der Waals surface area contributed by atoms with E-state index in [-0.39, 0.29) is 5.91 Å². The quantitative estimate of drug-likeness (QED) is 0.782. The highest BCUT2D eigenvalue weighted by atomic mass is 16.5. The summed E-state index contributed by atoms with van der Waals surface area (Å²) >= 11 is 0. The molecule has 104 valence electrons. The normalized spacial score (nSPS) is 19.2. The molecule has 0 radical (unpaired) electrons. The molecule has 1 aliphatic rings. The Balaban J connectivity index is 2.13. The molecule has 2 heterocycles. The summed E-state index contributed by atoms with van der Waals surface area (Å²) in [7, 11) is 0. The van der Waals surface area contributed by atoms with E-state index in [2.05, 4.69) is 15.3 Å². The third kappa shape index (κ3) is 3.31. The number of hydrogen-bond donors (Lipinski definition) is 2. The van der Waals surface area contributed by atoms with Crippen molar-refractivity contribution in [3.8, 4) is 0 Å². The molecular weight excluding hydrogens is 246 g/mol. The molecule has 7 heteroatoms. The summed E-state index contributed by atoms with van der Waals surface area (Å²) < 4.78 is 5.38. The smallest absolute Gasteiger partial charge is 0.245 e. The first-order valence-corrected chi connectivity index (χ1v) is 6.43. The number of morpholine rings is 1. The lowest BCUT2D eigenvalue weighted by Crippen LogP contribution is -2.54. The monoisotopic (exact) mass is 265 g/mol. The number of nitrogens with one attached hydrogen (secondary N) is 1. The fourth-order valence-electron chi connectivity index (χ4n) is 1.93. The van der Waals surface area contributed by atoms with Crippen LogP contribution in [0.2, 0.25) is 0 Å².